The fourth-order valence-electron chi connectivity index (χ4n) is 1.41. The number of amides is 2. The van der Waals surface area contributed by atoms with Crippen molar-refractivity contribution in [3.63, 3.8) is 0 Å². The summed E-state index contributed by atoms with van der Waals surface area (Å²) in [6.07, 6.45) is 0. The topological polar surface area (TPSA) is 40.6 Å². The maximum atomic E-state index is 11.5. The molecule has 14 heavy (non-hydrogen) atoms. The molecule has 0 radical (unpaired) electrons. The molecule has 1 rings (SSSR count). The molecule has 5 heteroatoms. The van der Waals surface area contributed by atoms with Crippen molar-refractivity contribution in [2.45, 2.75) is 39.8 Å². The average Bonchev–Trinajstić information content (AvgIpc) is 2.23. The van der Waals surface area contributed by atoms with Crippen LogP contribution in [-0.2, 0) is 9.59 Å². The zero-order valence-corrected chi connectivity index (χ0v) is 9.59. The minimum atomic E-state index is -0.515. The number of carbonyl (C=O) groups excluding carboxylic acids is 2. The van der Waals surface area contributed by atoms with E-state index in [-0.39, 0.29) is 12.1 Å². The molecule has 1 heterocycles. The van der Waals surface area contributed by atoms with Crippen LogP contribution < -0.4 is 0 Å². The van der Waals surface area contributed by atoms with E-state index in [1.807, 2.05) is 27.7 Å². The van der Waals surface area contributed by atoms with Gasteiger partial charge in [0.1, 0.15) is 0 Å². The van der Waals surface area contributed by atoms with Crippen LogP contribution in [0.25, 0.3) is 0 Å². The maximum absolute atomic E-state index is 11.5. The van der Waals surface area contributed by atoms with Crippen LogP contribution in [0.1, 0.15) is 27.7 Å². The lowest BCUT2D eigenvalue weighted by molar-refractivity contribution is -0.144. The Morgan fingerprint density at radius 1 is 0.929 bits per heavy atom. The summed E-state index contributed by atoms with van der Waals surface area (Å²) in [5.74, 6) is -1.03. The van der Waals surface area contributed by atoms with E-state index in [0.717, 1.165) is 0 Å². The fraction of sp³-hybridized carbons (Fsp3) is 0.667. The third-order valence-corrected chi connectivity index (χ3v) is 2.46. The van der Waals surface area contributed by atoms with Crippen molar-refractivity contribution >= 4 is 29.1 Å². The van der Waals surface area contributed by atoms with Crippen molar-refractivity contribution in [2.24, 2.45) is 0 Å². The fourth-order valence-corrected chi connectivity index (χ4v) is 1.99. The Morgan fingerprint density at radius 3 is 1.36 bits per heavy atom. The quantitative estimate of drug-likeness (QED) is 0.503. The van der Waals surface area contributed by atoms with Gasteiger partial charge in [-0.05, 0) is 39.9 Å². The van der Waals surface area contributed by atoms with Gasteiger partial charge < -0.3 is 0 Å². The molecule has 4 nitrogen and oxygen atoms in total. The molecule has 78 valence electrons. The summed E-state index contributed by atoms with van der Waals surface area (Å²) in [5, 5.41) is 0.324. The highest BCUT2D eigenvalue weighted by Gasteiger charge is 2.43. The van der Waals surface area contributed by atoms with E-state index < -0.39 is 11.8 Å². The predicted octanol–water partition coefficient (Wildman–Crippen LogP) is 0.759. The van der Waals surface area contributed by atoms with Crippen LogP contribution in [0.4, 0.5) is 0 Å². The number of nitrogens with zero attached hydrogens (tertiary/aromatic N) is 2. The normalized spacial score (nSPS) is 18.0. The Balaban J connectivity index is 3.03. The summed E-state index contributed by atoms with van der Waals surface area (Å²) in [6.45, 7) is 7.34. The van der Waals surface area contributed by atoms with Gasteiger partial charge in [-0.15, -0.1) is 0 Å². The Labute approximate surface area is 88.9 Å². The van der Waals surface area contributed by atoms with Gasteiger partial charge in [0.2, 0.25) is 0 Å². The lowest BCUT2D eigenvalue weighted by atomic mass is 10.3. The molecule has 0 aromatic heterocycles. The summed E-state index contributed by atoms with van der Waals surface area (Å²) < 4.78 is 0. The molecule has 1 aliphatic heterocycles. The Bertz CT molecular complexity index is 271. The number of hydrogen-bond acceptors (Lipinski definition) is 3. The highest BCUT2D eigenvalue weighted by atomic mass is 32.1. The van der Waals surface area contributed by atoms with Crippen molar-refractivity contribution in [1.29, 1.82) is 0 Å². The van der Waals surface area contributed by atoms with Gasteiger partial charge in [0, 0.05) is 12.1 Å². The monoisotopic (exact) mass is 214 g/mol. The minimum absolute atomic E-state index is 0.0669. The Kier molecular flexibility index (Phi) is 2.89. The van der Waals surface area contributed by atoms with Crippen LogP contribution in [0.2, 0.25) is 0 Å². The number of rotatable bonds is 2. The van der Waals surface area contributed by atoms with Crippen LogP contribution in [0, 0.1) is 0 Å². The third kappa shape index (κ3) is 1.52. The highest BCUT2D eigenvalue weighted by Crippen LogP contribution is 2.17. The maximum Gasteiger partial charge on any atom is 0.318 e. The van der Waals surface area contributed by atoms with E-state index in [0.29, 0.717) is 5.11 Å². The van der Waals surface area contributed by atoms with E-state index >= 15 is 0 Å². The van der Waals surface area contributed by atoms with E-state index in [4.69, 9.17) is 12.2 Å². The smallest absolute Gasteiger partial charge is 0.278 e. The molecule has 0 bridgehead atoms. The van der Waals surface area contributed by atoms with Gasteiger partial charge in [-0.25, -0.2) is 0 Å². The van der Waals surface area contributed by atoms with Crippen molar-refractivity contribution in [3.05, 3.63) is 0 Å². The van der Waals surface area contributed by atoms with Gasteiger partial charge in [-0.3, -0.25) is 19.4 Å². The molecule has 0 aromatic rings. The first-order valence-electron chi connectivity index (χ1n) is 4.58. The standard InChI is InChI=1S/C9H14N2O2S/c1-5(2)10-7(12)8(13)11(6(3)4)9(10)14/h5-6H,1-4H3. The molecule has 0 unspecified atom stereocenters. The SMILES string of the molecule is CC(C)N1C(=O)C(=O)N(C(C)C)C1=S. The first kappa shape index (κ1) is 11.1. The molecule has 0 N–H and O–H groups in total. The van der Waals surface area contributed by atoms with E-state index in [2.05, 4.69) is 0 Å². The molecule has 0 saturated carbocycles. The van der Waals surface area contributed by atoms with E-state index in [9.17, 15) is 9.59 Å². The molecular formula is C9H14N2O2S. The van der Waals surface area contributed by atoms with E-state index in [1.54, 1.807) is 0 Å². The molecule has 0 spiro atoms. The first-order valence-corrected chi connectivity index (χ1v) is 4.99. The van der Waals surface area contributed by atoms with Crippen molar-refractivity contribution in [1.82, 2.24) is 9.80 Å². The number of carbonyl (C=O) groups is 2. The lowest BCUT2D eigenvalue weighted by Crippen LogP contribution is -2.40. The second-order valence-corrected chi connectivity index (χ2v) is 4.19. The van der Waals surface area contributed by atoms with Gasteiger partial charge in [-0.1, -0.05) is 0 Å². The first-order chi connectivity index (χ1) is 6.37. The summed E-state index contributed by atoms with van der Waals surface area (Å²) in [7, 11) is 0. The summed E-state index contributed by atoms with van der Waals surface area (Å²) in [6, 6.07) is -0.134. The van der Waals surface area contributed by atoms with Gasteiger partial charge >= 0.3 is 11.8 Å². The number of hydrogen-bond donors (Lipinski definition) is 0. The molecule has 0 atom stereocenters. The third-order valence-electron chi connectivity index (χ3n) is 2.07. The predicted molar refractivity (Wildman–Crippen MR) is 56.6 cm³/mol. The lowest BCUT2D eigenvalue weighted by Gasteiger charge is -2.23. The van der Waals surface area contributed by atoms with Crippen LogP contribution in [0.3, 0.4) is 0 Å². The van der Waals surface area contributed by atoms with Gasteiger partial charge in [0.15, 0.2) is 5.11 Å². The average molecular weight is 214 g/mol. The van der Waals surface area contributed by atoms with E-state index in [1.165, 1.54) is 9.80 Å². The molecule has 1 saturated heterocycles. The number of thiocarbonyl (C=S) groups is 1. The van der Waals surface area contributed by atoms with Crippen LogP contribution >= 0.6 is 12.2 Å². The largest absolute Gasteiger partial charge is 0.318 e. The van der Waals surface area contributed by atoms with Crippen LogP contribution in [0.15, 0.2) is 0 Å². The van der Waals surface area contributed by atoms with Crippen LogP contribution in [0.5, 0.6) is 0 Å². The Morgan fingerprint density at radius 2 is 1.21 bits per heavy atom. The van der Waals surface area contributed by atoms with Gasteiger partial charge in [0.05, 0.1) is 0 Å². The Hall–Kier alpha value is -0.970. The molecular weight excluding hydrogens is 200 g/mol. The van der Waals surface area contributed by atoms with Crippen molar-refractivity contribution in [2.75, 3.05) is 0 Å². The molecule has 2 amide bonds. The summed E-state index contributed by atoms with van der Waals surface area (Å²) >= 11 is 5.08. The van der Waals surface area contributed by atoms with Crippen molar-refractivity contribution < 1.29 is 9.59 Å². The summed E-state index contributed by atoms with van der Waals surface area (Å²) in [5.41, 5.74) is 0. The van der Waals surface area contributed by atoms with Crippen molar-refractivity contribution in [3.8, 4) is 0 Å². The van der Waals surface area contributed by atoms with Crippen LogP contribution in [-0.4, -0.2) is 38.8 Å². The van der Waals surface area contributed by atoms with Gasteiger partial charge in [0.25, 0.3) is 0 Å². The molecule has 1 aliphatic rings. The van der Waals surface area contributed by atoms with Gasteiger partial charge in [-0.2, -0.15) is 0 Å². The molecule has 0 aromatic carbocycles. The summed E-state index contributed by atoms with van der Waals surface area (Å²) in [4.78, 5) is 25.8. The second-order valence-electron chi connectivity index (χ2n) is 3.82. The minimum Gasteiger partial charge on any atom is -0.278 e. The zero-order valence-electron chi connectivity index (χ0n) is 8.77. The molecule has 0 aliphatic carbocycles. The second kappa shape index (κ2) is 3.65. The zero-order chi connectivity index (χ0) is 11.0. The highest BCUT2D eigenvalue weighted by molar-refractivity contribution is 7.80. The molecule has 1 fully saturated rings.